The van der Waals surface area contributed by atoms with Crippen LogP contribution in [0.3, 0.4) is 0 Å². The van der Waals surface area contributed by atoms with Crippen LogP contribution in [0.4, 0.5) is 0 Å². The van der Waals surface area contributed by atoms with Crippen molar-refractivity contribution in [2.24, 2.45) is 0 Å². The van der Waals surface area contributed by atoms with E-state index < -0.39 is 28.4 Å². The van der Waals surface area contributed by atoms with E-state index in [2.05, 4.69) is 4.72 Å². The number of carboxylic acids is 1. The molecule has 1 rings (SSSR count). The summed E-state index contributed by atoms with van der Waals surface area (Å²) in [5.41, 5.74) is 0.121. The van der Waals surface area contributed by atoms with Gasteiger partial charge in [-0.15, -0.1) is 0 Å². The fourth-order valence-electron chi connectivity index (χ4n) is 2.12. The predicted molar refractivity (Wildman–Crippen MR) is 91.9 cm³/mol. The van der Waals surface area contributed by atoms with Gasteiger partial charge in [0.2, 0.25) is 10.0 Å². The molecule has 0 aliphatic rings. The van der Waals surface area contributed by atoms with Gasteiger partial charge >= 0.3 is 5.97 Å². The van der Waals surface area contributed by atoms with Gasteiger partial charge in [-0.1, -0.05) is 13.0 Å². The largest absolute Gasteiger partial charge is 0.480 e. The summed E-state index contributed by atoms with van der Waals surface area (Å²) in [4.78, 5) is 24.8. The number of amides is 1. The van der Waals surface area contributed by atoms with Crippen LogP contribution in [-0.2, 0) is 19.6 Å². The molecule has 0 spiro atoms. The molecule has 0 saturated heterocycles. The van der Waals surface area contributed by atoms with E-state index in [9.17, 15) is 18.0 Å². The molecule has 0 fully saturated rings. The number of ether oxygens (including phenoxy) is 1. The first kappa shape index (κ1) is 21.1. The van der Waals surface area contributed by atoms with Crippen LogP contribution in [0.25, 0.3) is 0 Å². The highest BCUT2D eigenvalue weighted by molar-refractivity contribution is 7.89. The van der Waals surface area contributed by atoms with E-state index in [4.69, 9.17) is 9.84 Å². The molecule has 0 saturated carbocycles. The van der Waals surface area contributed by atoms with Crippen molar-refractivity contribution in [2.45, 2.75) is 31.2 Å². The summed E-state index contributed by atoms with van der Waals surface area (Å²) < 4.78 is 31.6. The van der Waals surface area contributed by atoms with Crippen LogP contribution in [0.2, 0.25) is 0 Å². The summed E-state index contributed by atoms with van der Waals surface area (Å²) in [7, 11) is -2.32. The van der Waals surface area contributed by atoms with Crippen molar-refractivity contribution in [3.63, 3.8) is 0 Å². The van der Waals surface area contributed by atoms with Gasteiger partial charge in [0.1, 0.15) is 6.54 Å². The second-order valence-electron chi connectivity index (χ2n) is 5.50. The number of methoxy groups -OCH3 is 1. The lowest BCUT2D eigenvalue weighted by molar-refractivity contribution is -0.138. The van der Waals surface area contributed by atoms with E-state index in [-0.39, 0.29) is 29.7 Å². The number of hydrogen-bond acceptors (Lipinski definition) is 5. The summed E-state index contributed by atoms with van der Waals surface area (Å²) >= 11 is 0. The van der Waals surface area contributed by atoms with Crippen LogP contribution in [0, 0.1) is 0 Å². The highest BCUT2D eigenvalue weighted by Crippen LogP contribution is 2.15. The number of hydrogen-bond donors (Lipinski definition) is 2. The second-order valence-corrected chi connectivity index (χ2v) is 7.27. The van der Waals surface area contributed by atoms with Gasteiger partial charge in [-0.2, -0.15) is 0 Å². The highest BCUT2D eigenvalue weighted by atomic mass is 32.2. The van der Waals surface area contributed by atoms with Gasteiger partial charge in [-0.3, -0.25) is 9.59 Å². The maximum Gasteiger partial charge on any atom is 0.323 e. The third kappa shape index (κ3) is 6.11. The van der Waals surface area contributed by atoms with Crippen LogP contribution >= 0.6 is 0 Å². The van der Waals surface area contributed by atoms with Crippen LogP contribution < -0.4 is 4.72 Å². The van der Waals surface area contributed by atoms with Gasteiger partial charge in [0.25, 0.3) is 5.91 Å². The van der Waals surface area contributed by atoms with Crippen molar-refractivity contribution in [1.29, 1.82) is 0 Å². The van der Waals surface area contributed by atoms with E-state index in [1.54, 1.807) is 6.92 Å². The quantitative estimate of drug-likeness (QED) is 0.591. The Morgan fingerprint density at radius 2 is 2.04 bits per heavy atom. The average molecular weight is 372 g/mol. The molecule has 0 aromatic heterocycles. The first-order chi connectivity index (χ1) is 11.7. The number of nitrogens with zero attached hydrogens (tertiary/aromatic N) is 1. The molecule has 1 amide bonds. The van der Waals surface area contributed by atoms with Crippen molar-refractivity contribution >= 4 is 21.9 Å². The predicted octanol–water partition coefficient (Wildman–Crippen LogP) is 0.937. The lowest BCUT2D eigenvalue weighted by Crippen LogP contribution is -2.41. The Morgan fingerprint density at radius 1 is 1.36 bits per heavy atom. The minimum atomic E-state index is -3.78. The van der Waals surface area contributed by atoms with Crippen LogP contribution in [0.15, 0.2) is 29.2 Å². The second kappa shape index (κ2) is 9.50. The zero-order valence-corrected chi connectivity index (χ0v) is 15.4. The molecule has 0 aliphatic carbocycles. The molecule has 0 aliphatic heterocycles. The van der Waals surface area contributed by atoms with E-state index in [0.29, 0.717) is 6.42 Å². The molecule has 0 bridgehead atoms. The van der Waals surface area contributed by atoms with Crippen molar-refractivity contribution in [2.75, 3.05) is 26.8 Å². The molecule has 0 heterocycles. The Hall–Kier alpha value is -1.97. The molecular weight excluding hydrogens is 348 g/mol. The zero-order chi connectivity index (χ0) is 19.0. The van der Waals surface area contributed by atoms with Gasteiger partial charge in [-0.25, -0.2) is 13.1 Å². The fraction of sp³-hybridized carbons (Fsp3) is 0.500. The lowest BCUT2D eigenvalue weighted by Gasteiger charge is -2.27. The number of sulfonamides is 1. The summed E-state index contributed by atoms with van der Waals surface area (Å²) in [6.45, 7) is 3.46. The first-order valence-electron chi connectivity index (χ1n) is 7.84. The van der Waals surface area contributed by atoms with Gasteiger partial charge < -0.3 is 14.7 Å². The topological polar surface area (TPSA) is 113 Å². The Balaban J connectivity index is 3.09. The first-order valence-corrected chi connectivity index (χ1v) is 9.32. The molecule has 8 nitrogen and oxygen atoms in total. The zero-order valence-electron chi connectivity index (χ0n) is 14.6. The van der Waals surface area contributed by atoms with E-state index in [1.807, 2.05) is 6.92 Å². The van der Waals surface area contributed by atoms with Gasteiger partial charge in [0, 0.05) is 25.3 Å². The van der Waals surface area contributed by atoms with Crippen LogP contribution in [0.1, 0.15) is 30.6 Å². The molecule has 1 unspecified atom stereocenters. The Kier molecular flexibility index (Phi) is 8.01. The van der Waals surface area contributed by atoms with E-state index >= 15 is 0 Å². The number of benzene rings is 1. The Labute approximate surface area is 147 Å². The lowest BCUT2D eigenvalue weighted by atomic mass is 10.1. The third-order valence-corrected chi connectivity index (χ3v) is 5.14. The maximum atomic E-state index is 12.6. The number of rotatable bonds is 10. The molecule has 2 N–H and O–H groups in total. The Bertz CT molecular complexity index is 704. The molecule has 1 aromatic rings. The van der Waals surface area contributed by atoms with Crippen molar-refractivity contribution in [3.8, 4) is 0 Å². The van der Waals surface area contributed by atoms with Crippen molar-refractivity contribution in [1.82, 2.24) is 9.62 Å². The van der Waals surface area contributed by atoms with Crippen LogP contribution in [0.5, 0.6) is 0 Å². The molecule has 9 heteroatoms. The highest BCUT2D eigenvalue weighted by Gasteiger charge is 2.24. The Morgan fingerprint density at radius 3 is 2.60 bits per heavy atom. The van der Waals surface area contributed by atoms with E-state index in [0.717, 1.165) is 0 Å². The van der Waals surface area contributed by atoms with Gasteiger partial charge in [-0.05, 0) is 31.5 Å². The number of carboxylic acid groups (broad SMARTS) is 1. The van der Waals surface area contributed by atoms with Crippen molar-refractivity contribution < 1.29 is 27.9 Å². The minimum absolute atomic E-state index is 0.0612. The van der Waals surface area contributed by atoms with Crippen molar-refractivity contribution in [3.05, 3.63) is 29.8 Å². The number of aliphatic carboxylic acids is 1. The summed E-state index contributed by atoms with van der Waals surface area (Å²) in [6.07, 6.45) is 0.579. The minimum Gasteiger partial charge on any atom is -0.480 e. The smallest absolute Gasteiger partial charge is 0.323 e. The van der Waals surface area contributed by atoms with E-state index in [1.165, 1.54) is 36.3 Å². The average Bonchev–Trinajstić information content (AvgIpc) is 2.58. The standard InChI is InChI=1S/C16H24N2O6S/c1-4-12(2)18(11-15(19)20)16(21)13-6-5-7-14(10-13)25(22,23)17-8-9-24-3/h5-7,10,12,17H,4,8-9,11H2,1-3H3,(H,19,20). The fourth-order valence-corrected chi connectivity index (χ4v) is 3.18. The SMILES string of the molecule is CCC(C)N(CC(=O)O)C(=O)c1cccc(S(=O)(=O)NCCOC)c1. The molecule has 140 valence electrons. The monoisotopic (exact) mass is 372 g/mol. The number of carbonyl (C=O) groups is 2. The molecule has 25 heavy (non-hydrogen) atoms. The number of nitrogens with one attached hydrogen (secondary N) is 1. The molecule has 0 radical (unpaired) electrons. The summed E-state index contributed by atoms with van der Waals surface area (Å²) in [6, 6.07) is 5.25. The summed E-state index contributed by atoms with van der Waals surface area (Å²) in [5, 5.41) is 9.02. The normalized spacial score (nSPS) is 12.6. The van der Waals surface area contributed by atoms with Crippen LogP contribution in [-0.4, -0.2) is 63.1 Å². The molecule has 1 atom stereocenters. The maximum absolute atomic E-state index is 12.6. The van der Waals surface area contributed by atoms with Gasteiger partial charge in [0.05, 0.1) is 11.5 Å². The third-order valence-electron chi connectivity index (χ3n) is 3.68. The van der Waals surface area contributed by atoms with Gasteiger partial charge in [0.15, 0.2) is 0 Å². The summed E-state index contributed by atoms with van der Waals surface area (Å²) in [5.74, 6) is -1.65. The number of carbonyl (C=O) groups excluding carboxylic acids is 1. The molecular formula is C16H24N2O6S. The molecule has 1 aromatic carbocycles.